The van der Waals surface area contributed by atoms with Crippen LogP contribution in [0.2, 0.25) is 0 Å². The summed E-state index contributed by atoms with van der Waals surface area (Å²) in [5.74, 6) is -0.475. The van der Waals surface area contributed by atoms with Gasteiger partial charge in [0, 0.05) is 30.9 Å². The molecular weight excluding hydrogens is 352 g/mol. The molecule has 9 heteroatoms. The van der Waals surface area contributed by atoms with Crippen LogP contribution >= 0.6 is 0 Å². The molecule has 144 valence electrons. The molecule has 3 rings (SSSR count). The predicted molar refractivity (Wildman–Crippen MR) is 99.2 cm³/mol. The number of aliphatic hydroxyl groups excluding tert-OH is 1. The summed E-state index contributed by atoms with van der Waals surface area (Å²) in [4.78, 5) is 38.0. The first-order valence-electron chi connectivity index (χ1n) is 8.89. The van der Waals surface area contributed by atoms with E-state index in [0.29, 0.717) is 17.3 Å². The second kappa shape index (κ2) is 7.75. The van der Waals surface area contributed by atoms with Gasteiger partial charge in [-0.25, -0.2) is 0 Å². The van der Waals surface area contributed by atoms with E-state index in [1.54, 1.807) is 12.1 Å². The van der Waals surface area contributed by atoms with Crippen LogP contribution in [0.25, 0.3) is 0 Å². The van der Waals surface area contributed by atoms with E-state index in [1.165, 1.54) is 6.07 Å². The monoisotopic (exact) mass is 374 g/mol. The number of nitro groups is 1. The zero-order valence-electron chi connectivity index (χ0n) is 15.1. The second-order valence-electron chi connectivity index (χ2n) is 6.83. The minimum atomic E-state index is -0.564. The standard InChI is InChI=1S/C18H22N4O5/c1-12-4-6-20(7-5-12)15-3-2-13(10-16(15)22(26)27)19-14-11-17(24)21(8-9-23)18(14)25/h2-3,10-12,19,23H,4-9H2,1H3. The molecule has 1 saturated heterocycles. The highest BCUT2D eigenvalue weighted by Gasteiger charge is 2.31. The molecule has 0 radical (unpaired) electrons. The molecule has 2 amide bonds. The fourth-order valence-corrected chi connectivity index (χ4v) is 3.33. The van der Waals surface area contributed by atoms with Crippen LogP contribution in [0.1, 0.15) is 19.8 Å². The summed E-state index contributed by atoms with van der Waals surface area (Å²) in [7, 11) is 0. The number of nitrogens with one attached hydrogen (secondary N) is 1. The molecule has 2 heterocycles. The van der Waals surface area contributed by atoms with Crippen molar-refractivity contribution in [1.82, 2.24) is 4.90 Å². The summed E-state index contributed by atoms with van der Waals surface area (Å²) in [5.41, 5.74) is 0.901. The molecule has 0 bridgehead atoms. The third-order valence-electron chi connectivity index (χ3n) is 4.91. The van der Waals surface area contributed by atoms with Gasteiger partial charge in [-0.2, -0.15) is 0 Å². The quantitative estimate of drug-likeness (QED) is 0.440. The van der Waals surface area contributed by atoms with E-state index in [-0.39, 0.29) is 24.5 Å². The first-order valence-corrected chi connectivity index (χ1v) is 8.89. The molecule has 1 aromatic rings. The molecule has 0 aromatic heterocycles. The number of hydrogen-bond donors (Lipinski definition) is 2. The molecule has 1 aromatic carbocycles. The summed E-state index contributed by atoms with van der Waals surface area (Å²) < 4.78 is 0. The van der Waals surface area contributed by atoms with Crippen LogP contribution in [0.3, 0.4) is 0 Å². The smallest absolute Gasteiger partial charge is 0.294 e. The zero-order chi connectivity index (χ0) is 19.6. The van der Waals surface area contributed by atoms with Crippen LogP contribution in [0.15, 0.2) is 30.0 Å². The number of β-amino-alcohol motifs (C(OH)–C–C–N with tert-alkyl or cyclic N) is 1. The average Bonchev–Trinajstić information content (AvgIpc) is 2.90. The van der Waals surface area contributed by atoms with Gasteiger partial charge in [-0.1, -0.05) is 6.92 Å². The number of carbonyl (C=O) groups is 2. The molecule has 0 aliphatic carbocycles. The third-order valence-corrected chi connectivity index (χ3v) is 4.91. The highest BCUT2D eigenvalue weighted by molar-refractivity contribution is 6.17. The average molecular weight is 374 g/mol. The topological polar surface area (TPSA) is 116 Å². The SMILES string of the molecule is CC1CCN(c2ccc(NC3=CC(=O)N(CCO)C3=O)cc2[N+](=O)[O-])CC1. The number of nitrogens with zero attached hydrogens (tertiary/aromatic N) is 3. The van der Waals surface area contributed by atoms with Crippen molar-refractivity contribution in [3.05, 3.63) is 40.1 Å². The summed E-state index contributed by atoms with van der Waals surface area (Å²) in [5, 5.41) is 23.3. The van der Waals surface area contributed by atoms with Crippen LogP contribution < -0.4 is 10.2 Å². The normalized spacial score (nSPS) is 18.1. The van der Waals surface area contributed by atoms with Gasteiger partial charge >= 0.3 is 0 Å². The van der Waals surface area contributed by atoms with Gasteiger partial charge in [0.05, 0.1) is 18.1 Å². The van der Waals surface area contributed by atoms with Gasteiger partial charge in [-0.05, 0) is 30.9 Å². The molecule has 1 fully saturated rings. The number of imide groups is 1. The largest absolute Gasteiger partial charge is 0.395 e. The maximum atomic E-state index is 12.2. The van der Waals surface area contributed by atoms with Crippen molar-refractivity contribution < 1.29 is 19.6 Å². The molecule has 27 heavy (non-hydrogen) atoms. The van der Waals surface area contributed by atoms with Crippen LogP contribution in [0.5, 0.6) is 0 Å². The Balaban J connectivity index is 1.81. The highest BCUT2D eigenvalue weighted by atomic mass is 16.6. The van der Waals surface area contributed by atoms with E-state index in [2.05, 4.69) is 12.2 Å². The molecular formula is C18H22N4O5. The lowest BCUT2D eigenvalue weighted by Gasteiger charge is -2.31. The molecule has 0 unspecified atom stereocenters. The Kier molecular flexibility index (Phi) is 5.41. The van der Waals surface area contributed by atoms with Gasteiger partial charge in [0.2, 0.25) is 0 Å². The molecule has 0 spiro atoms. The van der Waals surface area contributed by atoms with Crippen molar-refractivity contribution in [3.63, 3.8) is 0 Å². The summed E-state index contributed by atoms with van der Waals surface area (Å²) in [6, 6.07) is 4.71. The predicted octanol–water partition coefficient (Wildman–Crippen LogP) is 1.49. The van der Waals surface area contributed by atoms with E-state index >= 15 is 0 Å². The number of nitro benzene ring substituents is 1. The summed E-state index contributed by atoms with van der Waals surface area (Å²) in [6.07, 6.45) is 3.10. The van der Waals surface area contributed by atoms with Crippen LogP contribution in [-0.2, 0) is 9.59 Å². The third kappa shape index (κ3) is 3.92. The van der Waals surface area contributed by atoms with Gasteiger partial charge in [0.25, 0.3) is 17.5 Å². The molecule has 0 saturated carbocycles. The highest BCUT2D eigenvalue weighted by Crippen LogP contribution is 2.34. The molecule has 2 aliphatic heterocycles. The van der Waals surface area contributed by atoms with Gasteiger partial charge in [0.1, 0.15) is 11.4 Å². The molecule has 0 atom stereocenters. The van der Waals surface area contributed by atoms with Crippen LogP contribution in [0.4, 0.5) is 17.1 Å². The lowest BCUT2D eigenvalue weighted by molar-refractivity contribution is -0.384. The number of anilines is 2. The Morgan fingerprint density at radius 2 is 2.00 bits per heavy atom. The van der Waals surface area contributed by atoms with E-state index < -0.39 is 16.7 Å². The molecule has 9 nitrogen and oxygen atoms in total. The summed E-state index contributed by atoms with van der Waals surface area (Å²) >= 11 is 0. The van der Waals surface area contributed by atoms with E-state index in [1.807, 2.05) is 4.90 Å². The maximum Gasteiger partial charge on any atom is 0.294 e. The number of aliphatic hydroxyl groups is 1. The lowest BCUT2D eigenvalue weighted by atomic mass is 9.98. The Morgan fingerprint density at radius 1 is 1.30 bits per heavy atom. The van der Waals surface area contributed by atoms with Crippen molar-refractivity contribution in [2.45, 2.75) is 19.8 Å². The van der Waals surface area contributed by atoms with E-state index in [9.17, 15) is 19.7 Å². The number of amides is 2. The minimum absolute atomic E-state index is 0.0299. The van der Waals surface area contributed by atoms with Crippen molar-refractivity contribution in [2.24, 2.45) is 5.92 Å². The van der Waals surface area contributed by atoms with E-state index in [0.717, 1.165) is 36.9 Å². The number of benzene rings is 1. The minimum Gasteiger partial charge on any atom is -0.395 e. The van der Waals surface area contributed by atoms with Gasteiger partial charge in [-0.3, -0.25) is 24.6 Å². The van der Waals surface area contributed by atoms with Gasteiger partial charge in [0.15, 0.2) is 0 Å². The fraction of sp³-hybridized carbons (Fsp3) is 0.444. The van der Waals surface area contributed by atoms with Crippen molar-refractivity contribution in [3.8, 4) is 0 Å². The summed E-state index contributed by atoms with van der Waals surface area (Å²) in [6.45, 7) is 3.29. The second-order valence-corrected chi connectivity index (χ2v) is 6.83. The molecule has 2 aliphatic rings. The van der Waals surface area contributed by atoms with Gasteiger partial charge in [-0.15, -0.1) is 0 Å². The Bertz CT molecular complexity index is 799. The van der Waals surface area contributed by atoms with Crippen molar-refractivity contribution in [2.75, 3.05) is 36.5 Å². The fourth-order valence-electron chi connectivity index (χ4n) is 3.33. The Labute approximate surface area is 156 Å². The maximum absolute atomic E-state index is 12.2. The Hall–Kier alpha value is -2.94. The Morgan fingerprint density at radius 3 is 2.63 bits per heavy atom. The zero-order valence-corrected chi connectivity index (χ0v) is 15.1. The van der Waals surface area contributed by atoms with Crippen molar-refractivity contribution in [1.29, 1.82) is 0 Å². The number of carbonyl (C=O) groups excluding carboxylic acids is 2. The van der Waals surface area contributed by atoms with Gasteiger partial charge < -0.3 is 15.3 Å². The van der Waals surface area contributed by atoms with E-state index in [4.69, 9.17) is 5.11 Å². The first kappa shape index (κ1) is 18.8. The van der Waals surface area contributed by atoms with Crippen LogP contribution in [-0.4, -0.2) is 53.0 Å². The number of hydrogen-bond acceptors (Lipinski definition) is 7. The first-order chi connectivity index (χ1) is 12.9. The number of rotatable bonds is 6. The van der Waals surface area contributed by atoms with Crippen molar-refractivity contribution >= 4 is 28.9 Å². The lowest BCUT2D eigenvalue weighted by Crippen LogP contribution is -2.34. The molecule has 2 N–H and O–H groups in total. The number of piperidine rings is 1. The van der Waals surface area contributed by atoms with Crippen LogP contribution in [0, 0.1) is 16.0 Å².